The van der Waals surface area contributed by atoms with E-state index in [1.807, 2.05) is 0 Å². The first-order valence-corrected chi connectivity index (χ1v) is 9.84. The van der Waals surface area contributed by atoms with Gasteiger partial charge in [-0.2, -0.15) is 13.2 Å². The molecule has 0 unspecified atom stereocenters. The van der Waals surface area contributed by atoms with Crippen LogP contribution in [0.3, 0.4) is 0 Å². The molecule has 0 N–H and O–H groups in total. The lowest BCUT2D eigenvalue weighted by Gasteiger charge is -2.15. The third-order valence-electron chi connectivity index (χ3n) is 4.92. The molecule has 0 amide bonds. The summed E-state index contributed by atoms with van der Waals surface area (Å²) in [5.74, 6) is -2.01. The van der Waals surface area contributed by atoms with E-state index in [0.29, 0.717) is 0 Å². The summed E-state index contributed by atoms with van der Waals surface area (Å²) in [5, 5.41) is -0.0910. The van der Waals surface area contributed by atoms with Gasteiger partial charge >= 0.3 is 12.1 Å². The summed E-state index contributed by atoms with van der Waals surface area (Å²) in [4.78, 5) is 25.3. The highest BCUT2D eigenvalue weighted by Crippen LogP contribution is 2.40. The van der Waals surface area contributed by atoms with Crippen LogP contribution in [0.5, 0.6) is 11.5 Å². The number of methoxy groups -OCH3 is 1. The van der Waals surface area contributed by atoms with E-state index in [9.17, 15) is 22.8 Å². The summed E-state index contributed by atoms with van der Waals surface area (Å²) in [6.07, 6.45) is -4.98. The summed E-state index contributed by atoms with van der Waals surface area (Å²) < 4.78 is 57.2. The number of hydrogen-bond donors (Lipinski definition) is 0. The molecular formula is C25H17F3O5. The Hall–Kier alpha value is -4.07. The molecule has 0 bridgehead atoms. The second kappa shape index (κ2) is 8.82. The fourth-order valence-electron chi connectivity index (χ4n) is 3.46. The number of rotatable bonds is 5. The first-order valence-electron chi connectivity index (χ1n) is 9.84. The van der Waals surface area contributed by atoms with Crippen molar-refractivity contribution in [1.29, 1.82) is 0 Å². The average Bonchev–Trinajstić information content (AvgIpc) is 2.79. The molecule has 1 aromatic heterocycles. The van der Waals surface area contributed by atoms with Gasteiger partial charge < -0.3 is 13.9 Å². The van der Waals surface area contributed by atoms with E-state index in [0.717, 1.165) is 11.6 Å². The Morgan fingerprint density at radius 1 is 0.970 bits per heavy atom. The van der Waals surface area contributed by atoms with E-state index in [-0.39, 0.29) is 34.5 Å². The quantitative estimate of drug-likeness (QED) is 0.289. The highest BCUT2D eigenvalue weighted by atomic mass is 19.4. The van der Waals surface area contributed by atoms with Crippen LogP contribution in [0.15, 0.2) is 82.0 Å². The molecule has 0 aliphatic heterocycles. The number of para-hydroxylation sites is 1. The predicted octanol–water partition coefficient (Wildman–Crippen LogP) is 5.64. The number of benzene rings is 3. The van der Waals surface area contributed by atoms with Crippen molar-refractivity contribution < 1.29 is 31.9 Å². The number of carbonyl (C=O) groups is 1. The van der Waals surface area contributed by atoms with Crippen LogP contribution in [0.2, 0.25) is 0 Å². The normalized spacial score (nSPS) is 11.4. The molecule has 4 aromatic rings. The van der Waals surface area contributed by atoms with E-state index in [1.54, 1.807) is 36.4 Å². The van der Waals surface area contributed by atoms with Crippen molar-refractivity contribution in [2.75, 3.05) is 7.11 Å². The molecule has 0 saturated heterocycles. The molecule has 1 heterocycles. The second-order valence-corrected chi connectivity index (χ2v) is 7.13. The third-order valence-corrected chi connectivity index (χ3v) is 4.92. The number of ether oxygens (including phenoxy) is 2. The number of fused-ring (bicyclic) bond motifs is 1. The monoisotopic (exact) mass is 454 g/mol. The van der Waals surface area contributed by atoms with Gasteiger partial charge in [0.25, 0.3) is 0 Å². The van der Waals surface area contributed by atoms with Gasteiger partial charge in [-0.25, -0.2) is 0 Å². The number of carbonyl (C=O) groups excluding carboxylic acids is 1. The summed E-state index contributed by atoms with van der Waals surface area (Å²) in [7, 11) is 1.30. The molecule has 0 radical (unpaired) electrons. The molecule has 0 saturated carbocycles. The Morgan fingerprint density at radius 2 is 1.67 bits per heavy atom. The van der Waals surface area contributed by atoms with Gasteiger partial charge in [-0.15, -0.1) is 0 Å². The number of alkyl halides is 3. The molecule has 0 aliphatic carbocycles. The molecule has 5 nitrogen and oxygen atoms in total. The molecule has 0 spiro atoms. The largest absolute Gasteiger partial charge is 0.496 e. The molecule has 0 aliphatic rings. The van der Waals surface area contributed by atoms with Gasteiger partial charge in [-0.05, 0) is 23.8 Å². The molecule has 168 valence electrons. The van der Waals surface area contributed by atoms with E-state index >= 15 is 0 Å². The first kappa shape index (κ1) is 22.1. The lowest BCUT2D eigenvalue weighted by molar-refractivity contribution is -0.152. The van der Waals surface area contributed by atoms with Gasteiger partial charge in [0.15, 0.2) is 0 Å². The summed E-state index contributed by atoms with van der Waals surface area (Å²) in [6, 6.07) is 18.4. The molecule has 3 aromatic carbocycles. The summed E-state index contributed by atoms with van der Waals surface area (Å²) in [5.41, 5.74) is -1.20. The van der Waals surface area contributed by atoms with Crippen molar-refractivity contribution in [3.63, 3.8) is 0 Å². The Morgan fingerprint density at radius 3 is 2.36 bits per heavy atom. The number of esters is 1. The molecular weight excluding hydrogens is 437 g/mol. The smallest absolute Gasteiger partial charge is 0.450 e. The highest BCUT2D eigenvalue weighted by molar-refractivity contribution is 5.86. The van der Waals surface area contributed by atoms with Crippen molar-refractivity contribution in [1.82, 2.24) is 0 Å². The zero-order valence-electron chi connectivity index (χ0n) is 17.3. The summed E-state index contributed by atoms with van der Waals surface area (Å²) in [6.45, 7) is 0. The van der Waals surface area contributed by atoms with Crippen molar-refractivity contribution in [2.45, 2.75) is 12.6 Å². The Labute approximate surface area is 186 Å². The van der Waals surface area contributed by atoms with Crippen molar-refractivity contribution in [2.24, 2.45) is 0 Å². The minimum Gasteiger partial charge on any atom is -0.496 e. The van der Waals surface area contributed by atoms with Gasteiger partial charge in [0.1, 0.15) is 17.1 Å². The van der Waals surface area contributed by atoms with Gasteiger partial charge in [0.2, 0.25) is 11.2 Å². The van der Waals surface area contributed by atoms with E-state index < -0.39 is 28.9 Å². The van der Waals surface area contributed by atoms with Crippen LogP contribution in [-0.2, 0) is 17.4 Å². The summed E-state index contributed by atoms with van der Waals surface area (Å²) >= 11 is 0. The van der Waals surface area contributed by atoms with Gasteiger partial charge in [0, 0.05) is 11.6 Å². The SMILES string of the molecule is COc1ccccc1-c1c(C(F)(F)F)oc2cc(OC(=O)Cc3ccccc3)ccc2c1=O. The average molecular weight is 454 g/mol. The topological polar surface area (TPSA) is 65.7 Å². The minimum atomic E-state index is -4.95. The van der Waals surface area contributed by atoms with Crippen molar-refractivity contribution in [3.8, 4) is 22.6 Å². The standard InChI is InChI=1S/C25H17F3O5/c1-31-19-10-6-5-9-17(19)22-23(30)18-12-11-16(14-20(18)33-24(22)25(26,27)28)32-21(29)13-15-7-3-2-4-8-15/h2-12,14H,13H2,1H3. The van der Waals surface area contributed by atoms with Crippen molar-refractivity contribution >= 4 is 16.9 Å². The van der Waals surface area contributed by atoms with Gasteiger partial charge in [0.05, 0.1) is 24.5 Å². The molecule has 0 atom stereocenters. The predicted molar refractivity (Wildman–Crippen MR) is 115 cm³/mol. The number of hydrogen-bond acceptors (Lipinski definition) is 5. The zero-order valence-corrected chi connectivity index (χ0v) is 17.3. The Kier molecular flexibility index (Phi) is 5.91. The minimum absolute atomic E-state index is 0.0244. The van der Waals surface area contributed by atoms with Crippen molar-refractivity contribution in [3.05, 3.63) is 94.3 Å². The lowest BCUT2D eigenvalue weighted by atomic mass is 10.0. The third kappa shape index (κ3) is 4.59. The van der Waals surface area contributed by atoms with E-state index in [4.69, 9.17) is 13.9 Å². The van der Waals surface area contributed by atoms with E-state index in [2.05, 4.69) is 0 Å². The second-order valence-electron chi connectivity index (χ2n) is 7.13. The van der Waals surface area contributed by atoms with Crippen LogP contribution >= 0.6 is 0 Å². The van der Waals surface area contributed by atoms with Crippen LogP contribution in [0, 0.1) is 0 Å². The zero-order chi connectivity index (χ0) is 23.6. The molecule has 33 heavy (non-hydrogen) atoms. The van der Waals surface area contributed by atoms with Crippen LogP contribution in [0.25, 0.3) is 22.1 Å². The maximum atomic E-state index is 13.9. The van der Waals surface area contributed by atoms with Crippen LogP contribution in [0.1, 0.15) is 11.3 Å². The fourth-order valence-corrected chi connectivity index (χ4v) is 3.46. The van der Waals surface area contributed by atoms with Crippen LogP contribution in [-0.4, -0.2) is 13.1 Å². The fraction of sp³-hybridized carbons (Fsp3) is 0.120. The van der Waals surface area contributed by atoms with Crippen LogP contribution < -0.4 is 14.9 Å². The van der Waals surface area contributed by atoms with Gasteiger partial charge in [-0.3, -0.25) is 9.59 Å². The van der Waals surface area contributed by atoms with E-state index in [1.165, 1.54) is 37.4 Å². The maximum Gasteiger partial charge on any atom is 0.450 e. The Bertz CT molecular complexity index is 1370. The molecule has 4 rings (SSSR count). The first-order chi connectivity index (χ1) is 15.8. The Balaban J connectivity index is 1.79. The molecule has 8 heteroatoms. The number of halogens is 3. The van der Waals surface area contributed by atoms with Crippen LogP contribution in [0.4, 0.5) is 13.2 Å². The maximum absolute atomic E-state index is 13.9. The van der Waals surface area contributed by atoms with Gasteiger partial charge in [-0.1, -0.05) is 48.5 Å². The lowest BCUT2D eigenvalue weighted by Crippen LogP contribution is -2.16. The highest BCUT2D eigenvalue weighted by Gasteiger charge is 2.40. The molecule has 0 fully saturated rings.